The number of benzene rings is 3. The number of hydrogen-bond acceptors (Lipinski definition) is 5. The fraction of sp³-hybridized carbons (Fsp3) is 0. The molecule has 0 atom stereocenters. The minimum Gasteiger partial charge on any atom is -0.354 e. The van der Waals surface area contributed by atoms with Crippen LogP contribution in [-0.2, 0) is 0 Å². The smallest absolute Gasteiger partial charge is 0.231 e. The number of hydrogen-bond donors (Lipinski definition) is 4. The van der Waals surface area contributed by atoms with Gasteiger partial charge >= 0.3 is 0 Å². The second-order valence-corrected chi connectivity index (χ2v) is 7.22. The average molecular weight is 446 g/mol. The molecule has 0 unspecified atom stereocenters. The van der Waals surface area contributed by atoms with Crippen LogP contribution in [0.15, 0.2) is 79.0 Å². The maximum Gasteiger partial charge on any atom is 0.231 e. The van der Waals surface area contributed by atoms with E-state index in [9.17, 15) is 13.2 Å². The lowest BCUT2D eigenvalue weighted by Gasteiger charge is -2.12. The molecule has 3 aromatic carbocycles. The van der Waals surface area contributed by atoms with Gasteiger partial charge in [-0.15, -0.1) is 0 Å². The molecule has 0 fully saturated rings. The summed E-state index contributed by atoms with van der Waals surface area (Å²) in [6, 6.07) is 17.6. The molecule has 0 aliphatic carbocycles. The van der Waals surface area contributed by atoms with Gasteiger partial charge in [0.05, 0.1) is 11.1 Å². The normalized spacial score (nSPS) is 10.9. The first-order chi connectivity index (χ1) is 16.0. The molecule has 0 saturated carbocycles. The van der Waals surface area contributed by atoms with Gasteiger partial charge in [0.25, 0.3) is 0 Å². The van der Waals surface area contributed by atoms with Crippen LogP contribution in [-0.4, -0.2) is 15.0 Å². The molecule has 5 rings (SSSR count). The maximum absolute atomic E-state index is 13.4. The first-order valence-electron chi connectivity index (χ1n) is 10.0. The Morgan fingerprint density at radius 2 is 1.06 bits per heavy atom. The van der Waals surface area contributed by atoms with E-state index in [-0.39, 0.29) is 23.4 Å². The van der Waals surface area contributed by atoms with Crippen molar-refractivity contribution in [2.75, 3.05) is 16.0 Å². The number of H-pyrrole nitrogens is 1. The lowest BCUT2D eigenvalue weighted by atomic mass is 10.2. The Kier molecular flexibility index (Phi) is 5.27. The first kappa shape index (κ1) is 20.4. The molecule has 33 heavy (non-hydrogen) atoms. The summed E-state index contributed by atoms with van der Waals surface area (Å²) in [4.78, 5) is 12.2. The first-order valence-corrected chi connectivity index (χ1v) is 10.0. The molecule has 9 heteroatoms. The number of nitrogens with zero attached hydrogens (tertiary/aromatic N) is 2. The minimum atomic E-state index is -0.354. The highest BCUT2D eigenvalue weighted by Crippen LogP contribution is 2.33. The topological polar surface area (TPSA) is 77.7 Å². The predicted octanol–water partition coefficient (Wildman–Crippen LogP) is 6.61. The fourth-order valence-corrected chi connectivity index (χ4v) is 3.30. The Hall–Kier alpha value is -4.53. The number of fused-ring (bicyclic) bond motifs is 1. The molecule has 2 heterocycles. The van der Waals surface area contributed by atoms with Gasteiger partial charge in [-0.25, -0.2) is 13.2 Å². The number of aromatic amines is 1. The van der Waals surface area contributed by atoms with Gasteiger partial charge in [-0.2, -0.15) is 9.97 Å². The standard InChI is InChI=1S/C24H17F3N6/c25-14-1-7-17(8-2-14)29-20-13-28-22-21(20)23(30-18-9-3-15(26)4-10-18)33-24(32-22)31-19-11-5-16(27)6-12-19/h1-13,29H,(H3,28,30,31,32,33). The van der Waals surface area contributed by atoms with E-state index in [0.29, 0.717) is 39.6 Å². The highest BCUT2D eigenvalue weighted by atomic mass is 19.1. The molecular weight excluding hydrogens is 429 g/mol. The molecule has 164 valence electrons. The summed E-state index contributed by atoms with van der Waals surface area (Å²) < 4.78 is 39.9. The highest BCUT2D eigenvalue weighted by molar-refractivity contribution is 6.01. The zero-order valence-electron chi connectivity index (χ0n) is 17.0. The van der Waals surface area contributed by atoms with Crippen LogP contribution >= 0.6 is 0 Å². The van der Waals surface area contributed by atoms with Crippen LogP contribution in [0, 0.1) is 17.5 Å². The van der Waals surface area contributed by atoms with Crippen molar-refractivity contribution >= 4 is 45.5 Å². The summed E-state index contributed by atoms with van der Waals surface area (Å²) in [5.74, 6) is -0.321. The van der Waals surface area contributed by atoms with Crippen LogP contribution in [0.3, 0.4) is 0 Å². The van der Waals surface area contributed by atoms with Crippen molar-refractivity contribution in [3.8, 4) is 0 Å². The quantitative estimate of drug-likeness (QED) is 0.236. The minimum absolute atomic E-state index is 0.272. The second kappa shape index (κ2) is 8.54. The Balaban J connectivity index is 1.55. The molecule has 0 aliphatic rings. The molecule has 0 aliphatic heterocycles. The van der Waals surface area contributed by atoms with Crippen LogP contribution in [0.4, 0.5) is 47.7 Å². The molecule has 2 aromatic heterocycles. The summed E-state index contributed by atoms with van der Waals surface area (Å²) in [5, 5.41) is 10.1. The largest absolute Gasteiger partial charge is 0.354 e. The van der Waals surface area contributed by atoms with E-state index in [0.717, 1.165) is 0 Å². The van der Waals surface area contributed by atoms with E-state index in [4.69, 9.17) is 0 Å². The van der Waals surface area contributed by atoms with E-state index in [1.165, 1.54) is 36.4 Å². The average Bonchev–Trinajstić information content (AvgIpc) is 3.21. The highest BCUT2D eigenvalue weighted by Gasteiger charge is 2.15. The zero-order chi connectivity index (χ0) is 22.8. The van der Waals surface area contributed by atoms with Crippen LogP contribution in [0.5, 0.6) is 0 Å². The summed E-state index contributed by atoms with van der Waals surface area (Å²) in [5.41, 5.74) is 3.09. The lowest BCUT2D eigenvalue weighted by molar-refractivity contribution is 0.627. The maximum atomic E-state index is 13.4. The van der Waals surface area contributed by atoms with E-state index < -0.39 is 0 Å². The van der Waals surface area contributed by atoms with Crippen LogP contribution < -0.4 is 16.0 Å². The fourth-order valence-electron chi connectivity index (χ4n) is 3.30. The lowest BCUT2D eigenvalue weighted by Crippen LogP contribution is -2.03. The summed E-state index contributed by atoms with van der Waals surface area (Å²) in [6.07, 6.45) is 1.72. The number of halogens is 3. The summed E-state index contributed by atoms with van der Waals surface area (Å²) >= 11 is 0. The van der Waals surface area contributed by atoms with Crippen molar-refractivity contribution in [1.29, 1.82) is 0 Å². The third-order valence-electron chi connectivity index (χ3n) is 4.86. The molecule has 0 radical (unpaired) electrons. The van der Waals surface area contributed by atoms with Gasteiger partial charge in [-0.05, 0) is 72.8 Å². The summed E-state index contributed by atoms with van der Waals surface area (Å²) in [7, 11) is 0. The van der Waals surface area contributed by atoms with Crippen molar-refractivity contribution in [2.24, 2.45) is 0 Å². The van der Waals surface area contributed by atoms with E-state index in [2.05, 4.69) is 30.9 Å². The van der Waals surface area contributed by atoms with Gasteiger partial charge in [-0.3, -0.25) is 0 Å². The van der Waals surface area contributed by atoms with E-state index >= 15 is 0 Å². The van der Waals surface area contributed by atoms with E-state index in [1.54, 1.807) is 42.6 Å². The second-order valence-electron chi connectivity index (χ2n) is 7.22. The van der Waals surface area contributed by atoms with Crippen molar-refractivity contribution in [2.45, 2.75) is 0 Å². The van der Waals surface area contributed by atoms with Crippen LogP contribution in [0.2, 0.25) is 0 Å². The number of aromatic nitrogens is 3. The van der Waals surface area contributed by atoms with E-state index in [1.807, 2.05) is 0 Å². The van der Waals surface area contributed by atoms with Crippen molar-refractivity contribution in [3.05, 3.63) is 96.4 Å². The molecule has 6 nitrogen and oxygen atoms in total. The predicted molar refractivity (Wildman–Crippen MR) is 123 cm³/mol. The number of anilines is 6. The van der Waals surface area contributed by atoms with Crippen LogP contribution in [0.1, 0.15) is 0 Å². The molecular formula is C24H17F3N6. The van der Waals surface area contributed by atoms with Gasteiger partial charge < -0.3 is 20.9 Å². The summed E-state index contributed by atoms with van der Waals surface area (Å²) in [6.45, 7) is 0. The van der Waals surface area contributed by atoms with Gasteiger partial charge in [0.15, 0.2) is 0 Å². The molecule has 0 bridgehead atoms. The monoisotopic (exact) mass is 446 g/mol. The van der Waals surface area contributed by atoms with Gasteiger partial charge in [-0.1, -0.05) is 0 Å². The van der Waals surface area contributed by atoms with Gasteiger partial charge in [0.2, 0.25) is 5.95 Å². The third kappa shape index (κ3) is 4.57. The van der Waals surface area contributed by atoms with Crippen molar-refractivity contribution in [1.82, 2.24) is 15.0 Å². The molecule has 4 N–H and O–H groups in total. The Morgan fingerprint density at radius 1 is 0.576 bits per heavy atom. The van der Waals surface area contributed by atoms with Gasteiger partial charge in [0, 0.05) is 23.3 Å². The molecule has 0 spiro atoms. The SMILES string of the molecule is Fc1ccc(Nc2nc(Nc3ccc(F)cc3)c3c(Nc4ccc(F)cc4)c[nH]c3n2)cc1. The third-order valence-corrected chi connectivity index (χ3v) is 4.86. The Labute approximate surface area is 186 Å². The molecule has 0 saturated heterocycles. The Morgan fingerprint density at radius 3 is 1.61 bits per heavy atom. The number of rotatable bonds is 6. The van der Waals surface area contributed by atoms with Gasteiger partial charge in [0.1, 0.15) is 28.9 Å². The van der Waals surface area contributed by atoms with Crippen molar-refractivity contribution < 1.29 is 13.2 Å². The molecule has 0 amide bonds. The number of nitrogens with one attached hydrogen (secondary N) is 4. The Bertz CT molecular complexity index is 1400. The molecule has 5 aromatic rings. The van der Waals surface area contributed by atoms with Crippen LogP contribution in [0.25, 0.3) is 11.0 Å². The zero-order valence-corrected chi connectivity index (χ0v) is 17.0. The van der Waals surface area contributed by atoms with Crippen molar-refractivity contribution in [3.63, 3.8) is 0 Å².